The predicted molar refractivity (Wildman–Crippen MR) is 153 cm³/mol. The number of carboxylic acids is 1. The zero-order valence-electron chi connectivity index (χ0n) is 24.0. The molecule has 0 bridgehead atoms. The summed E-state index contributed by atoms with van der Waals surface area (Å²) in [6, 6.07) is -0.629. The standard InChI is InChI=1S/C28H40N4O6S2/c1-15(2)22(32(6)25(34)10-19-7-8-19)12-23(38-18(5)33)27-31-21(14-40-27)26(35)30-20(9-16(3)28(36)37)11-24-29-17(4)13-39-24/h13-16,19-20,22-23H,7-12H2,1-6H3,(H,30,35)(H,36,37)/t16?,20-,22?,23?/m1/s1. The van der Waals surface area contributed by atoms with Crippen LogP contribution in [0.3, 0.4) is 0 Å². The van der Waals surface area contributed by atoms with Crippen LogP contribution in [-0.4, -0.2) is 62.9 Å². The summed E-state index contributed by atoms with van der Waals surface area (Å²) in [5.41, 5.74) is 1.04. The van der Waals surface area contributed by atoms with Crippen molar-refractivity contribution >= 4 is 46.4 Å². The number of esters is 1. The van der Waals surface area contributed by atoms with Crippen molar-refractivity contribution in [3.05, 3.63) is 32.2 Å². The minimum Gasteiger partial charge on any atom is -0.481 e. The second kappa shape index (κ2) is 14.2. The van der Waals surface area contributed by atoms with Crippen LogP contribution in [0, 0.1) is 24.7 Å². The topological polar surface area (TPSA) is 139 Å². The molecule has 1 saturated carbocycles. The van der Waals surface area contributed by atoms with Gasteiger partial charge in [0, 0.05) is 61.8 Å². The number of carbonyl (C=O) groups excluding carboxylic acids is 3. The highest BCUT2D eigenvalue weighted by Crippen LogP contribution is 2.35. The third-order valence-electron chi connectivity index (χ3n) is 7.10. The summed E-state index contributed by atoms with van der Waals surface area (Å²) < 4.78 is 5.64. The summed E-state index contributed by atoms with van der Waals surface area (Å²) in [4.78, 5) is 60.3. The lowest BCUT2D eigenvalue weighted by molar-refractivity contribution is -0.148. The quantitative estimate of drug-likeness (QED) is 0.285. The van der Waals surface area contributed by atoms with Gasteiger partial charge in [0.2, 0.25) is 5.91 Å². The third-order valence-corrected chi connectivity index (χ3v) is 9.02. The van der Waals surface area contributed by atoms with E-state index in [1.807, 2.05) is 26.2 Å². The monoisotopic (exact) mass is 592 g/mol. The molecule has 1 aliphatic rings. The number of carboxylic acid groups (broad SMARTS) is 1. The zero-order chi connectivity index (χ0) is 29.6. The summed E-state index contributed by atoms with van der Waals surface area (Å²) >= 11 is 2.69. The number of aryl methyl sites for hydroxylation is 1. The van der Waals surface area contributed by atoms with E-state index < -0.39 is 35.9 Å². The van der Waals surface area contributed by atoms with Gasteiger partial charge in [-0.25, -0.2) is 9.97 Å². The highest BCUT2D eigenvalue weighted by molar-refractivity contribution is 7.10. The third kappa shape index (κ3) is 9.36. The van der Waals surface area contributed by atoms with Gasteiger partial charge in [-0.3, -0.25) is 19.2 Å². The second-order valence-electron chi connectivity index (χ2n) is 11.1. The Kier molecular flexibility index (Phi) is 11.2. The van der Waals surface area contributed by atoms with E-state index in [-0.39, 0.29) is 30.0 Å². The summed E-state index contributed by atoms with van der Waals surface area (Å²) in [7, 11) is 1.79. The van der Waals surface area contributed by atoms with E-state index >= 15 is 0 Å². The fraction of sp³-hybridized carbons (Fsp3) is 0.643. The van der Waals surface area contributed by atoms with Crippen LogP contribution in [0.25, 0.3) is 0 Å². The van der Waals surface area contributed by atoms with Crippen LogP contribution < -0.4 is 5.32 Å². The molecule has 3 unspecified atom stereocenters. The first-order chi connectivity index (χ1) is 18.8. The lowest BCUT2D eigenvalue weighted by Crippen LogP contribution is -2.42. The van der Waals surface area contributed by atoms with Gasteiger partial charge in [0.1, 0.15) is 10.7 Å². The fourth-order valence-corrected chi connectivity index (χ4v) is 6.31. The van der Waals surface area contributed by atoms with Crippen molar-refractivity contribution in [1.29, 1.82) is 0 Å². The molecule has 0 spiro atoms. The fourth-order valence-electron chi connectivity index (χ4n) is 4.62. The first-order valence-corrected chi connectivity index (χ1v) is 15.4. The van der Waals surface area contributed by atoms with Gasteiger partial charge in [-0.05, 0) is 38.0 Å². The van der Waals surface area contributed by atoms with Gasteiger partial charge in [0.25, 0.3) is 5.91 Å². The Labute approximate surface area is 243 Å². The molecule has 2 aromatic heterocycles. The van der Waals surface area contributed by atoms with Crippen molar-refractivity contribution in [1.82, 2.24) is 20.2 Å². The minimum atomic E-state index is -0.935. The number of amides is 2. The smallest absolute Gasteiger partial charge is 0.306 e. The van der Waals surface area contributed by atoms with Crippen molar-refractivity contribution in [2.75, 3.05) is 7.05 Å². The molecule has 1 aliphatic carbocycles. The molecule has 0 saturated heterocycles. The van der Waals surface area contributed by atoms with Crippen molar-refractivity contribution in [3.8, 4) is 0 Å². The predicted octanol–water partition coefficient (Wildman–Crippen LogP) is 4.64. The van der Waals surface area contributed by atoms with Crippen molar-refractivity contribution in [3.63, 3.8) is 0 Å². The van der Waals surface area contributed by atoms with E-state index in [2.05, 4.69) is 15.3 Å². The Morgan fingerprint density at radius 1 is 1.12 bits per heavy atom. The highest BCUT2D eigenvalue weighted by atomic mass is 32.1. The van der Waals surface area contributed by atoms with E-state index in [0.717, 1.165) is 23.5 Å². The maximum atomic E-state index is 13.2. The Bertz CT molecular complexity index is 1190. The summed E-state index contributed by atoms with van der Waals surface area (Å²) in [6.45, 7) is 8.87. The second-order valence-corrected chi connectivity index (χ2v) is 12.9. The largest absolute Gasteiger partial charge is 0.481 e. The van der Waals surface area contributed by atoms with Crippen LogP contribution in [0.2, 0.25) is 0 Å². The molecule has 3 rings (SSSR count). The SMILES string of the molecule is CC(=O)OC(CC(C(C)C)N(C)C(=O)CC1CC1)c1nc(C(=O)N[C@@H](Cc2nc(C)cs2)CC(C)C(=O)O)cs1. The molecular formula is C28H40N4O6S2. The number of nitrogens with one attached hydrogen (secondary N) is 1. The summed E-state index contributed by atoms with van der Waals surface area (Å²) in [5.74, 6) is -1.83. The lowest BCUT2D eigenvalue weighted by atomic mass is 9.96. The average Bonchev–Trinajstić information content (AvgIpc) is 3.37. The van der Waals surface area contributed by atoms with Gasteiger partial charge in [-0.15, -0.1) is 22.7 Å². The Balaban J connectivity index is 1.75. The Morgan fingerprint density at radius 3 is 2.38 bits per heavy atom. The molecule has 2 heterocycles. The van der Waals surface area contributed by atoms with Gasteiger partial charge in [-0.1, -0.05) is 20.8 Å². The molecule has 40 heavy (non-hydrogen) atoms. The number of ether oxygens (including phenoxy) is 1. The number of nitrogens with zero attached hydrogens (tertiary/aromatic N) is 3. The number of hydrogen-bond acceptors (Lipinski definition) is 9. The lowest BCUT2D eigenvalue weighted by Gasteiger charge is -2.33. The number of aliphatic carboxylic acids is 1. The van der Waals surface area contributed by atoms with E-state index in [1.54, 1.807) is 24.3 Å². The average molecular weight is 593 g/mol. The molecular weight excluding hydrogens is 552 g/mol. The molecule has 4 atom stereocenters. The molecule has 0 aromatic carbocycles. The number of carbonyl (C=O) groups is 4. The van der Waals surface area contributed by atoms with Crippen LogP contribution in [0.5, 0.6) is 0 Å². The van der Waals surface area contributed by atoms with Gasteiger partial charge in [0.15, 0.2) is 6.10 Å². The number of aromatic nitrogens is 2. The minimum absolute atomic E-state index is 0.0824. The van der Waals surface area contributed by atoms with Crippen LogP contribution >= 0.6 is 22.7 Å². The van der Waals surface area contributed by atoms with Crippen molar-refractivity contribution in [2.24, 2.45) is 17.8 Å². The maximum Gasteiger partial charge on any atom is 0.306 e. The first kappa shape index (κ1) is 31.7. The van der Waals surface area contributed by atoms with Crippen molar-refractivity contribution in [2.45, 2.75) is 91.3 Å². The summed E-state index contributed by atoms with van der Waals surface area (Å²) in [5, 5.41) is 17.2. The van der Waals surface area contributed by atoms with E-state index in [0.29, 0.717) is 30.2 Å². The van der Waals surface area contributed by atoms with Crippen LogP contribution in [0.15, 0.2) is 10.8 Å². The molecule has 2 N–H and O–H groups in total. The zero-order valence-corrected chi connectivity index (χ0v) is 25.6. The molecule has 1 fully saturated rings. The highest BCUT2D eigenvalue weighted by Gasteiger charge is 2.33. The van der Waals surface area contributed by atoms with Gasteiger partial charge in [0.05, 0.1) is 10.9 Å². The molecule has 0 aliphatic heterocycles. The molecule has 2 aromatic rings. The number of hydrogen-bond donors (Lipinski definition) is 2. The molecule has 220 valence electrons. The van der Waals surface area contributed by atoms with Gasteiger partial charge < -0.3 is 20.1 Å². The number of thiazole rings is 2. The molecule has 12 heteroatoms. The van der Waals surface area contributed by atoms with Gasteiger partial charge in [-0.2, -0.15) is 0 Å². The van der Waals surface area contributed by atoms with Crippen LogP contribution in [-0.2, 0) is 25.5 Å². The normalized spacial score (nSPS) is 16.2. The number of rotatable bonds is 15. The Hall–Kier alpha value is -2.86. The van der Waals surface area contributed by atoms with Crippen LogP contribution in [0.1, 0.15) is 92.1 Å². The summed E-state index contributed by atoms with van der Waals surface area (Å²) in [6.07, 6.45) is 3.00. The molecule has 10 nitrogen and oxygen atoms in total. The van der Waals surface area contributed by atoms with Gasteiger partial charge >= 0.3 is 11.9 Å². The maximum absolute atomic E-state index is 13.2. The Morgan fingerprint density at radius 2 is 1.82 bits per heavy atom. The molecule has 2 amide bonds. The van der Waals surface area contributed by atoms with E-state index in [9.17, 15) is 24.3 Å². The first-order valence-electron chi connectivity index (χ1n) is 13.7. The van der Waals surface area contributed by atoms with E-state index in [1.165, 1.54) is 29.6 Å². The molecule has 0 radical (unpaired) electrons. The van der Waals surface area contributed by atoms with Crippen molar-refractivity contribution < 1.29 is 29.0 Å². The van der Waals surface area contributed by atoms with E-state index in [4.69, 9.17) is 4.74 Å². The van der Waals surface area contributed by atoms with Crippen LogP contribution in [0.4, 0.5) is 0 Å².